The third-order valence-corrected chi connectivity index (χ3v) is 3.97. The molecular formula is C13H25NO. The van der Waals surface area contributed by atoms with E-state index < -0.39 is 0 Å². The van der Waals surface area contributed by atoms with E-state index >= 15 is 0 Å². The first-order valence-electron chi connectivity index (χ1n) is 6.25. The van der Waals surface area contributed by atoms with Gasteiger partial charge in [0, 0.05) is 5.54 Å². The SMILES string of the molecule is C=CCC(O)C(CC)(CC)N1CCCC1. The van der Waals surface area contributed by atoms with Gasteiger partial charge in [-0.2, -0.15) is 0 Å². The first-order chi connectivity index (χ1) is 7.21. The lowest BCUT2D eigenvalue weighted by atomic mass is 9.83. The molecule has 0 aliphatic carbocycles. The fourth-order valence-corrected chi connectivity index (χ4v) is 2.92. The third-order valence-electron chi connectivity index (χ3n) is 3.97. The molecule has 0 saturated carbocycles. The summed E-state index contributed by atoms with van der Waals surface area (Å²) in [7, 11) is 0. The van der Waals surface area contributed by atoms with Crippen LogP contribution in [0.4, 0.5) is 0 Å². The van der Waals surface area contributed by atoms with Gasteiger partial charge >= 0.3 is 0 Å². The second-order valence-electron chi connectivity index (χ2n) is 4.55. The summed E-state index contributed by atoms with van der Waals surface area (Å²) in [6.45, 7) is 10.4. The summed E-state index contributed by atoms with van der Waals surface area (Å²) in [6, 6.07) is 0. The highest BCUT2D eigenvalue weighted by molar-refractivity contribution is 4.98. The van der Waals surface area contributed by atoms with Crippen LogP contribution in [-0.2, 0) is 0 Å². The standard InChI is InChI=1S/C13H25NO/c1-4-9-12(15)13(5-2,6-3)14-10-7-8-11-14/h4,12,15H,1,5-11H2,2-3H3. The van der Waals surface area contributed by atoms with Crippen molar-refractivity contribution in [2.45, 2.75) is 57.6 Å². The van der Waals surface area contributed by atoms with Gasteiger partial charge in [-0.1, -0.05) is 19.9 Å². The van der Waals surface area contributed by atoms with Gasteiger partial charge in [0.1, 0.15) is 0 Å². The van der Waals surface area contributed by atoms with Gasteiger partial charge in [0.15, 0.2) is 0 Å². The van der Waals surface area contributed by atoms with Gasteiger partial charge in [0.25, 0.3) is 0 Å². The summed E-state index contributed by atoms with van der Waals surface area (Å²) in [5.74, 6) is 0. The second-order valence-corrected chi connectivity index (χ2v) is 4.55. The van der Waals surface area contributed by atoms with Crippen molar-refractivity contribution in [2.24, 2.45) is 0 Å². The quantitative estimate of drug-likeness (QED) is 0.683. The molecule has 1 saturated heterocycles. The molecule has 1 fully saturated rings. The van der Waals surface area contributed by atoms with E-state index in [4.69, 9.17) is 0 Å². The summed E-state index contributed by atoms with van der Waals surface area (Å²) >= 11 is 0. The fraction of sp³-hybridized carbons (Fsp3) is 0.846. The minimum absolute atomic E-state index is 0.00924. The molecule has 1 heterocycles. The molecule has 1 aliphatic heterocycles. The van der Waals surface area contributed by atoms with Crippen LogP contribution in [-0.4, -0.2) is 34.7 Å². The van der Waals surface area contributed by atoms with Gasteiger partial charge in [0.05, 0.1) is 6.10 Å². The molecule has 1 atom stereocenters. The molecule has 2 nitrogen and oxygen atoms in total. The molecule has 0 aromatic heterocycles. The Labute approximate surface area is 94.0 Å². The summed E-state index contributed by atoms with van der Waals surface area (Å²) in [5, 5.41) is 10.3. The van der Waals surface area contributed by atoms with Crippen LogP contribution in [0.15, 0.2) is 12.7 Å². The van der Waals surface area contributed by atoms with Crippen molar-refractivity contribution in [3.05, 3.63) is 12.7 Å². The normalized spacial score (nSPS) is 20.5. The van der Waals surface area contributed by atoms with Crippen LogP contribution in [0.3, 0.4) is 0 Å². The molecule has 0 radical (unpaired) electrons. The molecule has 1 aliphatic rings. The van der Waals surface area contributed by atoms with Gasteiger partial charge in [-0.3, -0.25) is 4.90 Å². The minimum Gasteiger partial charge on any atom is -0.391 e. The van der Waals surface area contributed by atoms with Crippen LogP contribution in [0, 0.1) is 0 Å². The molecule has 2 heteroatoms. The molecule has 0 amide bonds. The van der Waals surface area contributed by atoms with Crippen molar-refractivity contribution in [3.63, 3.8) is 0 Å². The summed E-state index contributed by atoms with van der Waals surface area (Å²) in [5.41, 5.74) is -0.00924. The third kappa shape index (κ3) is 2.43. The molecule has 1 rings (SSSR count). The predicted molar refractivity (Wildman–Crippen MR) is 64.9 cm³/mol. The topological polar surface area (TPSA) is 23.5 Å². The number of nitrogens with zero attached hydrogens (tertiary/aromatic N) is 1. The average molecular weight is 211 g/mol. The average Bonchev–Trinajstić information content (AvgIpc) is 2.75. The highest BCUT2D eigenvalue weighted by atomic mass is 16.3. The maximum Gasteiger partial charge on any atom is 0.0757 e. The lowest BCUT2D eigenvalue weighted by molar-refractivity contribution is -0.0255. The van der Waals surface area contributed by atoms with Crippen molar-refractivity contribution in [3.8, 4) is 0 Å². The smallest absolute Gasteiger partial charge is 0.0757 e. The maximum atomic E-state index is 10.3. The van der Waals surface area contributed by atoms with Crippen molar-refractivity contribution in [1.82, 2.24) is 4.90 Å². The molecule has 0 aromatic carbocycles. The van der Waals surface area contributed by atoms with E-state index in [0.29, 0.717) is 6.42 Å². The van der Waals surface area contributed by atoms with Crippen LogP contribution in [0.5, 0.6) is 0 Å². The minimum atomic E-state index is -0.261. The number of aliphatic hydroxyl groups excluding tert-OH is 1. The van der Waals surface area contributed by atoms with Crippen molar-refractivity contribution >= 4 is 0 Å². The Morgan fingerprint density at radius 1 is 1.33 bits per heavy atom. The molecule has 0 aromatic rings. The largest absolute Gasteiger partial charge is 0.391 e. The zero-order valence-electron chi connectivity index (χ0n) is 10.2. The predicted octanol–water partition coefficient (Wildman–Crippen LogP) is 2.58. The zero-order valence-corrected chi connectivity index (χ0v) is 10.2. The first-order valence-corrected chi connectivity index (χ1v) is 6.25. The highest BCUT2D eigenvalue weighted by Gasteiger charge is 2.40. The number of hydrogen-bond acceptors (Lipinski definition) is 2. The lowest BCUT2D eigenvalue weighted by Crippen LogP contribution is -2.54. The monoisotopic (exact) mass is 211 g/mol. The van der Waals surface area contributed by atoms with Crippen molar-refractivity contribution in [2.75, 3.05) is 13.1 Å². The van der Waals surface area contributed by atoms with Crippen LogP contribution >= 0.6 is 0 Å². The number of rotatable bonds is 6. The molecule has 1 unspecified atom stereocenters. The van der Waals surface area contributed by atoms with Crippen LogP contribution in [0.2, 0.25) is 0 Å². The Morgan fingerprint density at radius 3 is 2.27 bits per heavy atom. The van der Waals surface area contributed by atoms with Crippen LogP contribution in [0.1, 0.15) is 46.0 Å². The van der Waals surface area contributed by atoms with Gasteiger partial charge in [-0.15, -0.1) is 6.58 Å². The Morgan fingerprint density at radius 2 is 1.87 bits per heavy atom. The highest BCUT2D eigenvalue weighted by Crippen LogP contribution is 2.32. The Balaban J connectivity index is 2.78. The lowest BCUT2D eigenvalue weighted by Gasteiger charge is -2.44. The Kier molecular flexibility index (Phi) is 4.81. The van der Waals surface area contributed by atoms with Gasteiger partial charge < -0.3 is 5.11 Å². The molecule has 88 valence electrons. The van der Waals surface area contributed by atoms with E-state index in [9.17, 15) is 5.11 Å². The molecule has 1 N–H and O–H groups in total. The van der Waals surface area contributed by atoms with Gasteiger partial charge in [-0.05, 0) is 45.2 Å². The fourth-order valence-electron chi connectivity index (χ4n) is 2.92. The van der Waals surface area contributed by atoms with E-state index in [-0.39, 0.29) is 11.6 Å². The van der Waals surface area contributed by atoms with E-state index in [1.165, 1.54) is 12.8 Å². The zero-order chi connectivity index (χ0) is 11.3. The summed E-state index contributed by atoms with van der Waals surface area (Å²) in [6.07, 6.45) is 6.89. The molecular weight excluding hydrogens is 186 g/mol. The van der Waals surface area contributed by atoms with E-state index in [1.54, 1.807) is 0 Å². The van der Waals surface area contributed by atoms with E-state index in [0.717, 1.165) is 25.9 Å². The Hall–Kier alpha value is -0.340. The van der Waals surface area contributed by atoms with E-state index in [1.807, 2.05) is 6.08 Å². The van der Waals surface area contributed by atoms with Gasteiger partial charge in [-0.25, -0.2) is 0 Å². The maximum absolute atomic E-state index is 10.3. The number of aliphatic hydroxyl groups is 1. The molecule has 0 spiro atoms. The number of hydrogen-bond donors (Lipinski definition) is 1. The van der Waals surface area contributed by atoms with E-state index in [2.05, 4.69) is 25.3 Å². The molecule has 0 bridgehead atoms. The van der Waals surface area contributed by atoms with Crippen LogP contribution < -0.4 is 0 Å². The van der Waals surface area contributed by atoms with Gasteiger partial charge in [0.2, 0.25) is 0 Å². The summed E-state index contributed by atoms with van der Waals surface area (Å²) in [4.78, 5) is 2.49. The van der Waals surface area contributed by atoms with Crippen LogP contribution in [0.25, 0.3) is 0 Å². The number of likely N-dealkylation sites (tertiary alicyclic amines) is 1. The summed E-state index contributed by atoms with van der Waals surface area (Å²) < 4.78 is 0. The van der Waals surface area contributed by atoms with Crippen molar-refractivity contribution in [1.29, 1.82) is 0 Å². The Bertz CT molecular complexity index is 193. The first kappa shape index (κ1) is 12.7. The molecule has 15 heavy (non-hydrogen) atoms. The van der Waals surface area contributed by atoms with Crippen molar-refractivity contribution < 1.29 is 5.11 Å². The second kappa shape index (κ2) is 5.66.